The van der Waals surface area contributed by atoms with Crippen LogP contribution < -0.4 is 5.32 Å². The highest BCUT2D eigenvalue weighted by atomic mass is 35.5. The van der Waals surface area contributed by atoms with E-state index in [1.165, 1.54) is 0 Å². The van der Waals surface area contributed by atoms with Crippen LogP contribution in [-0.4, -0.2) is 12.7 Å². The predicted molar refractivity (Wildman–Crippen MR) is 65.5 cm³/mol. The van der Waals surface area contributed by atoms with Gasteiger partial charge in [0.15, 0.2) is 0 Å². The maximum Gasteiger partial charge on any atom is 0.416 e. The highest BCUT2D eigenvalue weighted by Crippen LogP contribution is 2.40. The molecule has 2 rings (SSSR count). The number of rotatable bonds is 1. The Hall–Kier alpha value is -1.64. The van der Waals surface area contributed by atoms with Gasteiger partial charge in [0.2, 0.25) is 0 Å². The van der Waals surface area contributed by atoms with Crippen molar-refractivity contribution >= 4 is 18.5 Å². The number of carbonyl (C=O) groups is 1. The minimum absolute atomic E-state index is 0. The van der Waals surface area contributed by atoms with Crippen molar-refractivity contribution in [2.45, 2.75) is 24.8 Å². The van der Waals surface area contributed by atoms with Crippen molar-refractivity contribution < 1.29 is 35.9 Å². The molecular formula is C12H10ClF6NO2. The van der Waals surface area contributed by atoms with E-state index in [-0.39, 0.29) is 31.5 Å². The lowest BCUT2D eigenvalue weighted by Crippen LogP contribution is -2.36. The van der Waals surface area contributed by atoms with E-state index in [2.05, 4.69) is 10.1 Å². The zero-order valence-electron chi connectivity index (χ0n) is 10.7. The lowest BCUT2D eigenvalue weighted by atomic mass is 9.95. The van der Waals surface area contributed by atoms with E-state index in [1.807, 2.05) is 0 Å². The molecule has 124 valence electrons. The smallest absolute Gasteiger partial charge is 0.416 e. The Morgan fingerprint density at radius 3 is 2.23 bits per heavy atom. The molecule has 0 aliphatic carbocycles. The summed E-state index contributed by atoms with van der Waals surface area (Å²) in [6.45, 7) is -0.102. The van der Waals surface area contributed by atoms with Crippen molar-refractivity contribution in [1.82, 2.24) is 5.32 Å². The molecule has 22 heavy (non-hydrogen) atoms. The molecule has 0 spiro atoms. The topological polar surface area (TPSA) is 38.3 Å². The Bertz CT molecular complexity index is 558. The molecule has 1 amide bonds. The number of cyclic esters (lactones) is 1. The molecule has 1 aliphatic rings. The SMILES string of the molecule is Cl.O=C1N[C@H](c2ccc(C(F)(F)F)cc2C(F)(F)F)CCO1. The average molecular weight is 350 g/mol. The number of hydrogen-bond acceptors (Lipinski definition) is 2. The monoisotopic (exact) mass is 349 g/mol. The van der Waals surface area contributed by atoms with E-state index < -0.39 is 41.2 Å². The van der Waals surface area contributed by atoms with E-state index in [0.29, 0.717) is 6.07 Å². The van der Waals surface area contributed by atoms with Gasteiger partial charge in [0.25, 0.3) is 0 Å². The number of hydrogen-bond donors (Lipinski definition) is 1. The second-order valence-corrected chi connectivity index (χ2v) is 4.42. The molecule has 1 atom stereocenters. The van der Waals surface area contributed by atoms with Crippen LogP contribution in [-0.2, 0) is 17.1 Å². The summed E-state index contributed by atoms with van der Waals surface area (Å²) >= 11 is 0. The Labute approximate surface area is 127 Å². The highest BCUT2D eigenvalue weighted by molar-refractivity contribution is 5.85. The summed E-state index contributed by atoms with van der Waals surface area (Å²) in [4.78, 5) is 11.0. The zero-order valence-corrected chi connectivity index (χ0v) is 11.5. The molecule has 1 aliphatic heterocycles. The van der Waals surface area contributed by atoms with Gasteiger partial charge >= 0.3 is 18.4 Å². The lowest BCUT2D eigenvalue weighted by Gasteiger charge is -2.26. The number of alkyl carbamates (subject to hydrolysis) is 1. The van der Waals surface area contributed by atoms with Gasteiger partial charge in [-0.1, -0.05) is 6.07 Å². The summed E-state index contributed by atoms with van der Waals surface area (Å²) in [5, 5.41) is 2.16. The van der Waals surface area contributed by atoms with E-state index >= 15 is 0 Å². The van der Waals surface area contributed by atoms with Crippen LogP contribution in [0.1, 0.15) is 29.2 Å². The normalized spacial score (nSPS) is 19.0. The van der Waals surface area contributed by atoms with Gasteiger partial charge in [0.05, 0.1) is 23.8 Å². The number of benzene rings is 1. The van der Waals surface area contributed by atoms with Crippen molar-refractivity contribution in [3.8, 4) is 0 Å². The van der Waals surface area contributed by atoms with Crippen molar-refractivity contribution in [3.05, 3.63) is 34.9 Å². The Morgan fingerprint density at radius 1 is 1.09 bits per heavy atom. The quantitative estimate of drug-likeness (QED) is 0.767. The molecule has 1 N–H and O–H groups in total. The van der Waals surface area contributed by atoms with Gasteiger partial charge in [-0.05, 0) is 17.7 Å². The number of alkyl halides is 6. The van der Waals surface area contributed by atoms with Crippen LogP contribution in [0.15, 0.2) is 18.2 Å². The Morgan fingerprint density at radius 2 is 1.73 bits per heavy atom. The van der Waals surface area contributed by atoms with Crippen LogP contribution in [0.5, 0.6) is 0 Å². The summed E-state index contributed by atoms with van der Waals surface area (Å²) in [5.41, 5.74) is -3.21. The summed E-state index contributed by atoms with van der Waals surface area (Å²) in [6.07, 6.45) is -10.7. The molecule has 0 bridgehead atoms. The first-order valence-electron chi connectivity index (χ1n) is 5.80. The number of carbonyl (C=O) groups excluding carboxylic acids is 1. The van der Waals surface area contributed by atoms with Gasteiger partial charge < -0.3 is 10.1 Å². The second kappa shape index (κ2) is 6.23. The number of amides is 1. The van der Waals surface area contributed by atoms with Crippen LogP contribution in [0.4, 0.5) is 31.1 Å². The molecule has 1 heterocycles. The first-order valence-corrected chi connectivity index (χ1v) is 5.80. The minimum atomic E-state index is -4.96. The van der Waals surface area contributed by atoms with Crippen molar-refractivity contribution in [1.29, 1.82) is 0 Å². The fourth-order valence-electron chi connectivity index (χ4n) is 2.04. The third-order valence-electron chi connectivity index (χ3n) is 2.99. The average Bonchev–Trinajstić information content (AvgIpc) is 2.36. The van der Waals surface area contributed by atoms with Crippen LogP contribution in [0, 0.1) is 0 Å². The Kier molecular flexibility index (Phi) is 5.21. The zero-order chi connectivity index (χ0) is 15.8. The second-order valence-electron chi connectivity index (χ2n) is 4.42. The molecule has 10 heteroatoms. The van der Waals surface area contributed by atoms with E-state index in [1.54, 1.807) is 0 Å². The first kappa shape index (κ1) is 18.4. The van der Waals surface area contributed by atoms with Gasteiger partial charge in [-0.3, -0.25) is 0 Å². The van der Waals surface area contributed by atoms with Gasteiger partial charge in [-0.2, -0.15) is 26.3 Å². The summed E-state index contributed by atoms with van der Waals surface area (Å²) in [5.74, 6) is 0. The van der Waals surface area contributed by atoms with Crippen molar-refractivity contribution in [2.24, 2.45) is 0 Å². The number of halogens is 7. The third-order valence-corrected chi connectivity index (χ3v) is 2.99. The lowest BCUT2D eigenvalue weighted by molar-refractivity contribution is -0.143. The van der Waals surface area contributed by atoms with E-state index in [0.717, 1.165) is 6.07 Å². The van der Waals surface area contributed by atoms with Crippen LogP contribution in [0.25, 0.3) is 0 Å². The molecule has 1 saturated heterocycles. The Balaban J connectivity index is 0.00000242. The highest BCUT2D eigenvalue weighted by Gasteiger charge is 2.40. The van der Waals surface area contributed by atoms with Gasteiger partial charge in [0.1, 0.15) is 0 Å². The van der Waals surface area contributed by atoms with Crippen LogP contribution >= 0.6 is 12.4 Å². The fraction of sp³-hybridized carbons (Fsp3) is 0.417. The van der Waals surface area contributed by atoms with Crippen molar-refractivity contribution in [2.75, 3.05) is 6.61 Å². The van der Waals surface area contributed by atoms with E-state index in [9.17, 15) is 31.1 Å². The summed E-state index contributed by atoms with van der Waals surface area (Å²) in [7, 11) is 0. The van der Waals surface area contributed by atoms with Crippen LogP contribution in [0.3, 0.4) is 0 Å². The fourth-order valence-corrected chi connectivity index (χ4v) is 2.04. The molecule has 0 saturated carbocycles. The molecule has 1 fully saturated rings. The summed E-state index contributed by atoms with van der Waals surface area (Å²) < 4.78 is 81.0. The molecule has 0 unspecified atom stereocenters. The van der Waals surface area contributed by atoms with Crippen molar-refractivity contribution in [3.63, 3.8) is 0 Å². The van der Waals surface area contributed by atoms with Gasteiger partial charge in [-0.15, -0.1) is 12.4 Å². The minimum Gasteiger partial charge on any atom is -0.449 e. The maximum absolute atomic E-state index is 13.0. The molecule has 3 nitrogen and oxygen atoms in total. The molecule has 0 radical (unpaired) electrons. The molecule has 1 aromatic rings. The molecule has 1 aromatic carbocycles. The van der Waals surface area contributed by atoms with E-state index in [4.69, 9.17) is 0 Å². The predicted octanol–water partition coefficient (Wildman–Crippen LogP) is 4.32. The summed E-state index contributed by atoms with van der Waals surface area (Å²) in [6, 6.07) is 0.315. The maximum atomic E-state index is 13.0. The van der Waals surface area contributed by atoms with Gasteiger partial charge in [-0.25, -0.2) is 4.79 Å². The standard InChI is InChI=1S/C12H9F6NO2.ClH/c13-11(14,15)6-1-2-7(8(5-6)12(16,17)18)9-3-4-21-10(20)19-9;/h1-2,5,9H,3-4H2,(H,19,20);1H/t9-;/m0./s1. The van der Waals surface area contributed by atoms with Gasteiger partial charge in [0, 0.05) is 6.42 Å². The largest absolute Gasteiger partial charge is 0.449 e. The number of ether oxygens (including phenoxy) is 1. The van der Waals surface area contributed by atoms with Crippen LogP contribution in [0.2, 0.25) is 0 Å². The molecule has 0 aromatic heterocycles. The number of nitrogens with one attached hydrogen (secondary N) is 1. The first-order chi connectivity index (χ1) is 9.59. The molecular weight excluding hydrogens is 340 g/mol. The third kappa shape index (κ3) is 3.96.